The molecule has 4 rings (SSSR count). The summed E-state index contributed by atoms with van der Waals surface area (Å²) in [6.07, 6.45) is 1.44. The fourth-order valence-electron chi connectivity index (χ4n) is 2.18. The van der Waals surface area contributed by atoms with E-state index in [-0.39, 0.29) is 17.6 Å². The van der Waals surface area contributed by atoms with E-state index in [0.29, 0.717) is 20.7 Å². The average Bonchev–Trinajstić information content (AvgIpc) is 3.39. The lowest BCUT2D eigenvalue weighted by Crippen LogP contribution is -2.10. The van der Waals surface area contributed by atoms with Gasteiger partial charge in [-0.05, 0) is 35.0 Å². The molecule has 130 valence electrons. The van der Waals surface area contributed by atoms with Gasteiger partial charge in [-0.15, -0.1) is 22.7 Å². The first kappa shape index (κ1) is 16.7. The molecule has 6 nitrogen and oxygen atoms in total. The van der Waals surface area contributed by atoms with Crippen LogP contribution in [0.4, 0.5) is 10.1 Å². The largest absolute Gasteiger partial charge is 0.459 e. The topological polar surface area (TPSA) is 84.2 Å². The molecule has 0 bridgehead atoms. The maximum absolute atomic E-state index is 12.3. The van der Waals surface area contributed by atoms with Gasteiger partial charge in [0.05, 0.1) is 16.0 Å². The molecule has 4 heterocycles. The number of thiophene rings is 2. The third-order valence-electron chi connectivity index (χ3n) is 3.32. The number of aromatic nitrogens is 1. The highest BCUT2D eigenvalue weighted by atomic mass is 32.1. The van der Waals surface area contributed by atoms with Gasteiger partial charge >= 0.3 is 0 Å². The molecule has 0 fully saturated rings. The van der Waals surface area contributed by atoms with E-state index in [1.807, 2.05) is 29.0 Å². The smallest absolute Gasteiger partial charge is 0.292 e. The second-order valence-corrected chi connectivity index (χ2v) is 7.93. The van der Waals surface area contributed by atoms with Crippen LogP contribution in [0.2, 0.25) is 0 Å². The number of hydrogen-bond donors (Lipinski definition) is 2. The average molecular weight is 401 g/mol. The summed E-state index contributed by atoms with van der Waals surface area (Å²) in [5.74, 6) is -0.386. The fourth-order valence-corrected chi connectivity index (χ4v) is 4.45. The Balaban J connectivity index is 1.62. The molecule has 0 radical (unpaired) electrons. The number of carbonyl (C=O) groups is 2. The number of amides is 2. The van der Waals surface area contributed by atoms with Crippen LogP contribution in [0.1, 0.15) is 20.2 Å². The van der Waals surface area contributed by atoms with Crippen molar-refractivity contribution in [2.24, 2.45) is 0 Å². The predicted octanol–water partition coefficient (Wildman–Crippen LogP) is 5.03. The molecule has 4 aromatic heterocycles. The minimum absolute atomic E-state index is 0.208. The minimum atomic E-state index is -0.368. The second-order valence-electron chi connectivity index (χ2n) is 5.04. The number of anilines is 2. The van der Waals surface area contributed by atoms with E-state index in [4.69, 9.17) is 4.42 Å². The van der Waals surface area contributed by atoms with Crippen LogP contribution >= 0.6 is 34.0 Å². The van der Waals surface area contributed by atoms with Crippen LogP contribution in [0.3, 0.4) is 0 Å². The van der Waals surface area contributed by atoms with E-state index >= 15 is 0 Å². The third kappa shape index (κ3) is 3.45. The maximum Gasteiger partial charge on any atom is 0.292 e. The standard InChI is InChI=1S/C17H11N3O3S3/c21-14(10-4-1-7-23-10)19-16-13(11-5-2-8-24-11)18-17(26-16)20-15(22)12-6-3-9-25-12/h1-9H,(H,19,21)(H,18,20,22). The molecule has 26 heavy (non-hydrogen) atoms. The van der Waals surface area contributed by atoms with Gasteiger partial charge < -0.3 is 9.73 Å². The van der Waals surface area contributed by atoms with E-state index in [9.17, 15) is 9.59 Å². The molecular weight excluding hydrogens is 390 g/mol. The van der Waals surface area contributed by atoms with E-state index < -0.39 is 0 Å². The molecular formula is C17H11N3O3S3. The minimum Gasteiger partial charge on any atom is -0.459 e. The summed E-state index contributed by atoms with van der Waals surface area (Å²) < 4.78 is 5.12. The summed E-state index contributed by atoms with van der Waals surface area (Å²) in [6, 6.07) is 10.6. The van der Waals surface area contributed by atoms with E-state index in [1.54, 1.807) is 18.2 Å². The molecule has 0 unspecified atom stereocenters. The highest BCUT2D eigenvalue weighted by molar-refractivity contribution is 7.21. The molecule has 0 aliphatic rings. The van der Waals surface area contributed by atoms with Gasteiger partial charge in [0.15, 0.2) is 10.9 Å². The number of furan rings is 1. The zero-order chi connectivity index (χ0) is 17.9. The number of hydrogen-bond acceptors (Lipinski definition) is 7. The van der Waals surface area contributed by atoms with Crippen molar-refractivity contribution < 1.29 is 14.0 Å². The van der Waals surface area contributed by atoms with Gasteiger partial charge in [0, 0.05) is 0 Å². The molecule has 0 aromatic carbocycles. The lowest BCUT2D eigenvalue weighted by atomic mass is 10.3. The first-order chi connectivity index (χ1) is 12.7. The molecule has 0 atom stereocenters. The molecule has 2 amide bonds. The van der Waals surface area contributed by atoms with Crippen molar-refractivity contribution >= 4 is 56.0 Å². The Kier molecular flexibility index (Phi) is 4.65. The van der Waals surface area contributed by atoms with Crippen LogP contribution in [-0.4, -0.2) is 16.8 Å². The number of carbonyl (C=O) groups excluding carboxylic acids is 2. The lowest BCUT2D eigenvalue weighted by molar-refractivity contribution is 0.0995. The Bertz CT molecular complexity index is 1020. The molecule has 0 aliphatic carbocycles. The Morgan fingerprint density at radius 2 is 1.81 bits per heavy atom. The number of rotatable bonds is 5. The quantitative estimate of drug-likeness (QED) is 0.491. The monoisotopic (exact) mass is 401 g/mol. The summed E-state index contributed by atoms with van der Waals surface area (Å²) in [5.41, 5.74) is 0.617. The maximum atomic E-state index is 12.3. The Morgan fingerprint density at radius 3 is 2.50 bits per heavy atom. The highest BCUT2D eigenvalue weighted by Gasteiger charge is 2.19. The van der Waals surface area contributed by atoms with Gasteiger partial charge in [-0.2, -0.15) is 0 Å². The first-order valence-corrected chi connectivity index (χ1v) is 10.0. The van der Waals surface area contributed by atoms with Crippen molar-refractivity contribution in [1.82, 2.24) is 4.98 Å². The third-order valence-corrected chi connectivity index (χ3v) is 5.95. The van der Waals surface area contributed by atoms with Crippen LogP contribution in [0, 0.1) is 0 Å². The van der Waals surface area contributed by atoms with E-state index in [0.717, 1.165) is 4.88 Å². The van der Waals surface area contributed by atoms with Crippen LogP contribution in [0.15, 0.2) is 57.8 Å². The number of thiazole rings is 1. The summed E-state index contributed by atoms with van der Waals surface area (Å²) in [7, 11) is 0. The second kappa shape index (κ2) is 7.24. The zero-order valence-electron chi connectivity index (χ0n) is 13.1. The molecule has 0 aliphatic heterocycles. The molecule has 4 aromatic rings. The normalized spacial score (nSPS) is 10.6. The molecule has 0 saturated heterocycles. The molecule has 9 heteroatoms. The van der Waals surface area contributed by atoms with Gasteiger partial charge in [-0.1, -0.05) is 23.5 Å². The van der Waals surface area contributed by atoms with Crippen molar-refractivity contribution in [3.05, 3.63) is 64.1 Å². The van der Waals surface area contributed by atoms with Crippen molar-refractivity contribution in [2.75, 3.05) is 10.6 Å². The Hall–Kier alpha value is -2.75. The molecule has 0 spiro atoms. The van der Waals surface area contributed by atoms with Gasteiger partial charge in [-0.25, -0.2) is 4.98 Å². The van der Waals surface area contributed by atoms with E-state index in [2.05, 4.69) is 15.6 Å². The molecule has 2 N–H and O–H groups in total. The Morgan fingerprint density at radius 1 is 0.962 bits per heavy atom. The molecule has 0 saturated carbocycles. The Labute approximate surface area is 160 Å². The summed E-state index contributed by atoms with van der Waals surface area (Å²) in [5, 5.41) is 10.3. The first-order valence-electron chi connectivity index (χ1n) is 7.45. The van der Waals surface area contributed by atoms with E-state index in [1.165, 1.54) is 40.3 Å². The van der Waals surface area contributed by atoms with Crippen molar-refractivity contribution in [1.29, 1.82) is 0 Å². The highest BCUT2D eigenvalue weighted by Crippen LogP contribution is 2.38. The van der Waals surface area contributed by atoms with Gasteiger partial charge in [-0.3, -0.25) is 14.9 Å². The summed E-state index contributed by atoms with van der Waals surface area (Å²) in [4.78, 5) is 30.5. The summed E-state index contributed by atoms with van der Waals surface area (Å²) >= 11 is 4.06. The van der Waals surface area contributed by atoms with Crippen LogP contribution < -0.4 is 10.6 Å². The lowest BCUT2D eigenvalue weighted by Gasteiger charge is -2.01. The predicted molar refractivity (Wildman–Crippen MR) is 104 cm³/mol. The van der Waals surface area contributed by atoms with Crippen LogP contribution in [0.5, 0.6) is 0 Å². The zero-order valence-corrected chi connectivity index (χ0v) is 15.5. The van der Waals surface area contributed by atoms with Gasteiger partial charge in [0.1, 0.15) is 10.7 Å². The van der Waals surface area contributed by atoms with Crippen molar-refractivity contribution in [2.45, 2.75) is 0 Å². The van der Waals surface area contributed by atoms with Crippen LogP contribution in [-0.2, 0) is 0 Å². The van der Waals surface area contributed by atoms with Crippen LogP contribution in [0.25, 0.3) is 10.6 Å². The summed E-state index contributed by atoms with van der Waals surface area (Å²) in [6.45, 7) is 0. The van der Waals surface area contributed by atoms with Gasteiger partial charge in [0.2, 0.25) is 0 Å². The SMILES string of the molecule is O=C(Nc1sc(NC(=O)c2cccs2)nc1-c1cccs1)c1ccco1. The number of nitrogens with one attached hydrogen (secondary N) is 2. The van der Waals surface area contributed by atoms with Crippen molar-refractivity contribution in [3.8, 4) is 10.6 Å². The van der Waals surface area contributed by atoms with Gasteiger partial charge in [0.25, 0.3) is 11.8 Å². The van der Waals surface area contributed by atoms with Crippen molar-refractivity contribution in [3.63, 3.8) is 0 Å². The number of nitrogens with zero attached hydrogens (tertiary/aromatic N) is 1. The fraction of sp³-hybridized carbons (Fsp3) is 0.